The van der Waals surface area contributed by atoms with Gasteiger partial charge >= 0.3 is 0 Å². The molecule has 19 heavy (non-hydrogen) atoms. The van der Waals surface area contributed by atoms with Gasteiger partial charge in [-0.3, -0.25) is 0 Å². The van der Waals surface area contributed by atoms with Crippen molar-refractivity contribution in [2.45, 2.75) is 38.0 Å². The summed E-state index contributed by atoms with van der Waals surface area (Å²) in [6.45, 7) is 2.10. The lowest BCUT2D eigenvalue weighted by molar-refractivity contribution is 0.533. The molecule has 0 saturated carbocycles. The Bertz CT molecular complexity index is 471. The fourth-order valence-corrected chi connectivity index (χ4v) is 3.44. The minimum atomic E-state index is -3.02. The Morgan fingerprint density at radius 1 is 1.21 bits per heavy atom. The summed E-state index contributed by atoms with van der Waals surface area (Å²) in [7, 11) is -1.10. The van der Waals surface area contributed by atoms with E-state index >= 15 is 0 Å². The highest BCUT2D eigenvalue weighted by molar-refractivity contribution is 7.90. The van der Waals surface area contributed by atoms with Gasteiger partial charge in [-0.25, -0.2) is 8.42 Å². The van der Waals surface area contributed by atoms with Crippen LogP contribution in [0, 0.1) is 0 Å². The Morgan fingerprint density at radius 3 is 2.42 bits per heavy atom. The van der Waals surface area contributed by atoms with Crippen LogP contribution >= 0.6 is 11.6 Å². The standard InChI is InChI=1S/C14H22ClNO2S/c1-12(16-2)5-3-4-10-19(17,18)11-13-6-8-14(15)9-7-13/h6-9,12,16H,3-5,10-11H2,1-2H3. The first kappa shape index (κ1) is 16.5. The lowest BCUT2D eigenvalue weighted by atomic mass is 10.1. The zero-order chi connectivity index (χ0) is 14.3. The summed E-state index contributed by atoms with van der Waals surface area (Å²) in [5, 5.41) is 3.77. The van der Waals surface area contributed by atoms with Crippen LogP contribution in [0.15, 0.2) is 24.3 Å². The monoisotopic (exact) mass is 303 g/mol. The molecule has 0 bridgehead atoms. The molecule has 1 N–H and O–H groups in total. The number of hydrogen-bond donors (Lipinski definition) is 1. The minimum Gasteiger partial charge on any atom is -0.317 e. The average Bonchev–Trinajstić information content (AvgIpc) is 2.37. The molecule has 0 aromatic heterocycles. The number of halogens is 1. The second-order valence-corrected chi connectivity index (χ2v) is 7.52. The SMILES string of the molecule is CNC(C)CCCCS(=O)(=O)Cc1ccc(Cl)cc1. The van der Waals surface area contributed by atoms with Crippen molar-refractivity contribution in [1.82, 2.24) is 5.32 Å². The first-order valence-electron chi connectivity index (χ1n) is 6.55. The van der Waals surface area contributed by atoms with Gasteiger partial charge in [-0.1, -0.05) is 30.2 Å². The van der Waals surface area contributed by atoms with Crippen LogP contribution in [-0.4, -0.2) is 27.3 Å². The number of hydrogen-bond acceptors (Lipinski definition) is 3. The highest BCUT2D eigenvalue weighted by atomic mass is 35.5. The predicted molar refractivity (Wildman–Crippen MR) is 81.3 cm³/mol. The van der Waals surface area contributed by atoms with E-state index in [9.17, 15) is 8.42 Å². The fourth-order valence-electron chi connectivity index (χ4n) is 1.82. The molecule has 1 rings (SSSR count). The van der Waals surface area contributed by atoms with E-state index in [1.807, 2.05) is 7.05 Å². The summed E-state index contributed by atoms with van der Waals surface area (Å²) in [5.74, 6) is 0.359. The molecule has 1 aromatic carbocycles. The lowest BCUT2D eigenvalue weighted by Gasteiger charge is -2.09. The summed E-state index contributed by atoms with van der Waals surface area (Å²) in [4.78, 5) is 0. The van der Waals surface area contributed by atoms with E-state index in [4.69, 9.17) is 11.6 Å². The van der Waals surface area contributed by atoms with E-state index in [0.717, 1.165) is 24.8 Å². The quantitative estimate of drug-likeness (QED) is 0.751. The van der Waals surface area contributed by atoms with Gasteiger partial charge in [0.15, 0.2) is 9.84 Å². The van der Waals surface area contributed by atoms with Gasteiger partial charge in [-0.2, -0.15) is 0 Å². The Morgan fingerprint density at radius 2 is 1.84 bits per heavy atom. The Balaban J connectivity index is 2.38. The molecule has 0 radical (unpaired) electrons. The normalized spacial score (nSPS) is 13.4. The number of benzene rings is 1. The molecule has 108 valence electrons. The molecular weight excluding hydrogens is 282 g/mol. The van der Waals surface area contributed by atoms with Crippen LogP contribution in [-0.2, 0) is 15.6 Å². The van der Waals surface area contributed by atoms with E-state index in [1.165, 1.54) is 0 Å². The van der Waals surface area contributed by atoms with Gasteiger partial charge in [-0.05, 0) is 44.5 Å². The molecule has 0 heterocycles. The molecule has 1 unspecified atom stereocenters. The van der Waals surface area contributed by atoms with Crippen LogP contribution in [0.25, 0.3) is 0 Å². The van der Waals surface area contributed by atoms with Gasteiger partial charge in [0, 0.05) is 11.1 Å². The molecule has 0 fully saturated rings. The van der Waals surface area contributed by atoms with E-state index in [-0.39, 0.29) is 11.5 Å². The van der Waals surface area contributed by atoms with Gasteiger partial charge in [0.1, 0.15) is 0 Å². The van der Waals surface area contributed by atoms with E-state index in [2.05, 4.69) is 12.2 Å². The maximum atomic E-state index is 12.0. The van der Waals surface area contributed by atoms with Crippen molar-refractivity contribution < 1.29 is 8.42 Å². The van der Waals surface area contributed by atoms with Gasteiger partial charge < -0.3 is 5.32 Å². The van der Waals surface area contributed by atoms with E-state index < -0.39 is 9.84 Å². The van der Waals surface area contributed by atoms with Crippen molar-refractivity contribution in [3.05, 3.63) is 34.9 Å². The second-order valence-electron chi connectivity index (χ2n) is 4.90. The lowest BCUT2D eigenvalue weighted by Crippen LogP contribution is -2.21. The zero-order valence-electron chi connectivity index (χ0n) is 11.5. The van der Waals surface area contributed by atoms with Crippen LogP contribution in [0.3, 0.4) is 0 Å². The molecule has 0 aliphatic heterocycles. The summed E-state index contributed by atoms with van der Waals surface area (Å²) in [5.41, 5.74) is 0.799. The zero-order valence-corrected chi connectivity index (χ0v) is 13.1. The van der Waals surface area contributed by atoms with Crippen LogP contribution < -0.4 is 5.32 Å². The first-order valence-corrected chi connectivity index (χ1v) is 8.75. The molecular formula is C14H22ClNO2S. The predicted octanol–water partition coefficient (Wildman–Crippen LogP) is 3.03. The number of nitrogens with one attached hydrogen (secondary N) is 1. The maximum absolute atomic E-state index is 12.0. The molecule has 0 aliphatic carbocycles. The van der Waals surface area contributed by atoms with Crippen molar-refractivity contribution in [3.63, 3.8) is 0 Å². The molecule has 0 spiro atoms. The molecule has 0 saturated heterocycles. The van der Waals surface area contributed by atoms with Crippen molar-refractivity contribution in [3.8, 4) is 0 Å². The smallest absolute Gasteiger partial charge is 0.154 e. The minimum absolute atomic E-state index is 0.103. The molecule has 0 amide bonds. The summed E-state index contributed by atoms with van der Waals surface area (Å²) >= 11 is 5.77. The van der Waals surface area contributed by atoms with Gasteiger partial charge in [0.05, 0.1) is 11.5 Å². The third-order valence-corrected chi connectivity index (χ3v) is 5.07. The van der Waals surface area contributed by atoms with Crippen LogP contribution in [0.1, 0.15) is 31.7 Å². The van der Waals surface area contributed by atoms with Gasteiger partial charge in [-0.15, -0.1) is 0 Å². The largest absolute Gasteiger partial charge is 0.317 e. The van der Waals surface area contributed by atoms with Crippen molar-refractivity contribution >= 4 is 21.4 Å². The fraction of sp³-hybridized carbons (Fsp3) is 0.571. The van der Waals surface area contributed by atoms with Crippen LogP contribution in [0.5, 0.6) is 0 Å². The number of sulfone groups is 1. The van der Waals surface area contributed by atoms with Gasteiger partial charge in [0.25, 0.3) is 0 Å². The molecule has 0 aliphatic rings. The number of rotatable bonds is 8. The van der Waals surface area contributed by atoms with E-state index in [1.54, 1.807) is 24.3 Å². The second kappa shape index (κ2) is 7.88. The highest BCUT2D eigenvalue weighted by Gasteiger charge is 2.12. The Labute approximate surface area is 121 Å². The topological polar surface area (TPSA) is 46.2 Å². The summed E-state index contributed by atoms with van der Waals surface area (Å²) in [6.07, 6.45) is 2.66. The highest BCUT2D eigenvalue weighted by Crippen LogP contribution is 2.13. The van der Waals surface area contributed by atoms with Gasteiger partial charge in [0.2, 0.25) is 0 Å². The van der Waals surface area contributed by atoms with Crippen LogP contribution in [0.2, 0.25) is 5.02 Å². The summed E-state index contributed by atoms with van der Waals surface area (Å²) < 4.78 is 23.9. The van der Waals surface area contributed by atoms with Crippen LogP contribution in [0.4, 0.5) is 0 Å². The van der Waals surface area contributed by atoms with Crippen molar-refractivity contribution in [2.24, 2.45) is 0 Å². The molecule has 1 aromatic rings. The Kier molecular flexibility index (Phi) is 6.83. The Hall–Kier alpha value is -0.580. The average molecular weight is 304 g/mol. The van der Waals surface area contributed by atoms with E-state index in [0.29, 0.717) is 11.1 Å². The molecule has 3 nitrogen and oxygen atoms in total. The molecule has 5 heteroatoms. The first-order chi connectivity index (χ1) is 8.93. The maximum Gasteiger partial charge on any atom is 0.154 e. The number of unbranched alkanes of at least 4 members (excludes halogenated alkanes) is 1. The van der Waals surface area contributed by atoms with Crippen molar-refractivity contribution in [1.29, 1.82) is 0 Å². The molecule has 1 atom stereocenters. The third-order valence-electron chi connectivity index (χ3n) is 3.14. The third kappa shape index (κ3) is 6.95. The summed E-state index contributed by atoms with van der Waals surface area (Å²) in [6, 6.07) is 7.42. The van der Waals surface area contributed by atoms with Crippen molar-refractivity contribution in [2.75, 3.05) is 12.8 Å².